The summed E-state index contributed by atoms with van der Waals surface area (Å²) >= 11 is 2.24. The number of nitrogens with two attached hydrogens (primary N) is 1. The molecule has 4 nitrogen and oxygen atoms in total. The lowest BCUT2D eigenvalue weighted by Crippen LogP contribution is -2.36. The van der Waals surface area contributed by atoms with E-state index in [0.717, 1.165) is 9.26 Å². The van der Waals surface area contributed by atoms with Gasteiger partial charge in [-0.15, -0.1) is 0 Å². The Hall–Kier alpha value is -0.820. The maximum Gasteiger partial charge on any atom is 0.209 e. The fourth-order valence-corrected chi connectivity index (χ4v) is 1.40. The van der Waals surface area contributed by atoms with Crippen LogP contribution < -0.4 is 16.6 Å². The molecule has 0 unspecified atom stereocenters. The van der Waals surface area contributed by atoms with Crippen LogP contribution in [0, 0.1) is 3.57 Å². The number of hydrogen-bond donors (Lipinski definition) is 3. The SMILES string of the molecule is CN=C(NN)Nc1cccc(I)c1. The largest absolute Gasteiger partial charge is 0.325 e. The molecule has 5 heteroatoms. The third-order valence-corrected chi connectivity index (χ3v) is 2.12. The molecular formula is C8H11IN4. The van der Waals surface area contributed by atoms with Gasteiger partial charge < -0.3 is 5.32 Å². The third-order valence-electron chi connectivity index (χ3n) is 1.45. The first kappa shape index (κ1) is 10.3. The van der Waals surface area contributed by atoms with Crippen molar-refractivity contribution in [2.45, 2.75) is 0 Å². The van der Waals surface area contributed by atoms with Gasteiger partial charge in [-0.25, -0.2) is 5.84 Å². The molecule has 0 aliphatic heterocycles. The third kappa shape index (κ3) is 3.19. The zero-order valence-corrected chi connectivity index (χ0v) is 9.37. The number of hydrazine groups is 1. The Labute approximate surface area is 90.7 Å². The summed E-state index contributed by atoms with van der Waals surface area (Å²) in [6.07, 6.45) is 0. The molecule has 0 bridgehead atoms. The predicted molar refractivity (Wildman–Crippen MR) is 63.5 cm³/mol. The van der Waals surface area contributed by atoms with E-state index in [1.807, 2.05) is 24.3 Å². The van der Waals surface area contributed by atoms with Gasteiger partial charge in [-0.1, -0.05) is 6.07 Å². The first-order valence-electron chi connectivity index (χ1n) is 3.72. The van der Waals surface area contributed by atoms with Crippen LogP contribution in [0.5, 0.6) is 0 Å². The minimum absolute atomic E-state index is 0.544. The van der Waals surface area contributed by atoms with Crippen LogP contribution in [0.15, 0.2) is 29.3 Å². The van der Waals surface area contributed by atoms with Crippen molar-refractivity contribution in [3.63, 3.8) is 0 Å². The van der Waals surface area contributed by atoms with E-state index < -0.39 is 0 Å². The van der Waals surface area contributed by atoms with E-state index in [1.165, 1.54) is 0 Å². The lowest BCUT2D eigenvalue weighted by atomic mass is 10.3. The van der Waals surface area contributed by atoms with Crippen LogP contribution in [0.1, 0.15) is 0 Å². The molecule has 0 spiro atoms. The highest BCUT2D eigenvalue weighted by molar-refractivity contribution is 14.1. The molecule has 70 valence electrons. The molecular weight excluding hydrogens is 279 g/mol. The van der Waals surface area contributed by atoms with Crippen LogP contribution in [0.4, 0.5) is 5.69 Å². The first-order valence-corrected chi connectivity index (χ1v) is 4.80. The van der Waals surface area contributed by atoms with Gasteiger partial charge in [-0.2, -0.15) is 0 Å². The molecule has 0 atom stereocenters. The summed E-state index contributed by atoms with van der Waals surface area (Å²) in [6, 6.07) is 7.94. The van der Waals surface area contributed by atoms with Crippen molar-refractivity contribution in [1.29, 1.82) is 0 Å². The van der Waals surface area contributed by atoms with Gasteiger partial charge >= 0.3 is 0 Å². The van der Waals surface area contributed by atoms with Gasteiger partial charge in [0.1, 0.15) is 0 Å². The van der Waals surface area contributed by atoms with Crippen LogP contribution in [0.2, 0.25) is 0 Å². The number of guanidine groups is 1. The fourth-order valence-electron chi connectivity index (χ4n) is 0.859. The van der Waals surface area contributed by atoms with Crippen LogP contribution in [0.3, 0.4) is 0 Å². The van der Waals surface area contributed by atoms with Crippen LogP contribution in [-0.2, 0) is 0 Å². The number of aliphatic imine (C=N–C) groups is 1. The quantitative estimate of drug-likeness (QED) is 0.239. The number of halogens is 1. The highest BCUT2D eigenvalue weighted by Crippen LogP contribution is 2.11. The van der Waals surface area contributed by atoms with E-state index in [0.29, 0.717) is 5.96 Å². The average Bonchev–Trinajstić information content (AvgIpc) is 2.14. The van der Waals surface area contributed by atoms with Crippen LogP contribution in [0.25, 0.3) is 0 Å². The summed E-state index contributed by atoms with van der Waals surface area (Å²) in [5.41, 5.74) is 3.42. The smallest absolute Gasteiger partial charge is 0.209 e. The molecule has 1 aromatic carbocycles. The Morgan fingerprint density at radius 1 is 1.54 bits per heavy atom. The van der Waals surface area contributed by atoms with Gasteiger partial charge in [0.05, 0.1) is 0 Å². The first-order chi connectivity index (χ1) is 6.26. The van der Waals surface area contributed by atoms with Gasteiger partial charge in [-0.3, -0.25) is 10.4 Å². The van der Waals surface area contributed by atoms with Gasteiger partial charge in [0.25, 0.3) is 0 Å². The van der Waals surface area contributed by atoms with E-state index in [9.17, 15) is 0 Å². The van der Waals surface area contributed by atoms with E-state index >= 15 is 0 Å². The Morgan fingerprint density at radius 2 is 2.31 bits per heavy atom. The van der Waals surface area contributed by atoms with Gasteiger partial charge in [-0.05, 0) is 40.8 Å². The van der Waals surface area contributed by atoms with Gasteiger partial charge in [0, 0.05) is 16.3 Å². The highest BCUT2D eigenvalue weighted by Gasteiger charge is 1.95. The van der Waals surface area contributed by atoms with Crippen molar-refractivity contribution >= 4 is 34.2 Å². The van der Waals surface area contributed by atoms with E-state index in [2.05, 4.69) is 38.3 Å². The predicted octanol–water partition coefficient (Wildman–Crippen LogP) is 1.15. The molecule has 0 amide bonds. The molecule has 0 aliphatic rings. The number of nitrogens with one attached hydrogen (secondary N) is 2. The Bertz CT molecular complexity index is 311. The second-order valence-electron chi connectivity index (χ2n) is 2.35. The molecule has 0 saturated carbocycles. The molecule has 0 fully saturated rings. The lowest BCUT2D eigenvalue weighted by molar-refractivity contribution is 1.01. The van der Waals surface area contributed by atoms with Crippen molar-refractivity contribution < 1.29 is 0 Å². The fraction of sp³-hybridized carbons (Fsp3) is 0.125. The molecule has 0 heterocycles. The minimum atomic E-state index is 0.544. The maximum atomic E-state index is 5.22. The summed E-state index contributed by atoms with van der Waals surface area (Å²) in [4.78, 5) is 3.90. The highest BCUT2D eigenvalue weighted by atomic mass is 127. The molecule has 0 saturated heterocycles. The van der Waals surface area contributed by atoms with Gasteiger partial charge in [0.2, 0.25) is 5.96 Å². The maximum absolute atomic E-state index is 5.22. The van der Waals surface area contributed by atoms with Crippen molar-refractivity contribution in [1.82, 2.24) is 5.43 Å². The zero-order valence-electron chi connectivity index (χ0n) is 7.21. The summed E-state index contributed by atoms with van der Waals surface area (Å²) in [5, 5.41) is 3.03. The van der Waals surface area contributed by atoms with Gasteiger partial charge in [0.15, 0.2) is 0 Å². The number of anilines is 1. The minimum Gasteiger partial charge on any atom is -0.325 e. The lowest BCUT2D eigenvalue weighted by Gasteiger charge is -2.07. The van der Waals surface area contributed by atoms with Crippen molar-refractivity contribution in [3.8, 4) is 0 Å². The molecule has 4 N–H and O–H groups in total. The molecule has 0 aliphatic carbocycles. The Balaban J connectivity index is 2.74. The number of benzene rings is 1. The second-order valence-corrected chi connectivity index (χ2v) is 3.60. The van der Waals surface area contributed by atoms with Crippen molar-refractivity contribution in [2.75, 3.05) is 12.4 Å². The second kappa shape index (κ2) is 5.03. The average molecular weight is 290 g/mol. The monoisotopic (exact) mass is 290 g/mol. The summed E-state index contributed by atoms with van der Waals surface area (Å²) in [6.45, 7) is 0. The van der Waals surface area contributed by atoms with Crippen LogP contribution in [-0.4, -0.2) is 13.0 Å². The Kier molecular flexibility index (Phi) is 3.97. The number of hydrogen-bond acceptors (Lipinski definition) is 2. The van der Waals surface area contributed by atoms with E-state index in [1.54, 1.807) is 7.05 Å². The van der Waals surface area contributed by atoms with E-state index in [-0.39, 0.29) is 0 Å². The van der Waals surface area contributed by atoms with E-state index in [4.69, 9.17) is 5.84 Å². The molecule has 13 heavy (non-hydrogen) atoms. The summed E-state index contributed by atoms with van der Waals surface area (Å²) < 4.78 is 1.16. The molecule has 1 rings (SSSR count). The van der Waals surface area contributed by atoms with Crippen LogP contribution >= 0.6 is 22.6 Å². The number of nitrogens with zero attached hydrogens (tertiary/aromatic N) is 1. The zero-order chi connectivity index (χ0) is 9.68. The standard InChI is InChI=1S/C8H11IN4/c1-11-8(13-10)12-7-4-2-3-6(9)5-7/h2-5H,10H2,1H3,(H2,11,12,13). The summed E-state index contributed by atoms with van der Waals surface area (Å²) in [5.74, 6) is 5.77. The summed E-state index contributed by atoms with van der Waals surface area (Å²) in [7, 11) is 1.66. The Morgan fingerprint density at radius 3 is 2.85 bits per heavy atom. The normalized spacial score (nSPS) is 11.2. The van der Waals surface area contributed by atoms with Crippen molar-refractivity contribution in [2.24, 2.45) is 10.8 Å². The molecule has 1 aromatic rings. The number of rotatable bonds is 1. The molecule has 0 aromatic heterocycles. The topological polar surface area (TPSA) is 62.4 Å². The van der Waals surface area contributed by atoms with Crippen molar-refractivity contribution in [3.05, 3.63) is 27.8 Å². The molecule has 0 radical (unpaired) electrons.